The molecule has 4 heterocycles. The number of nitrogens with one attached hydrogen (secondary N) is 1. The molecule has 25 heteroatoms. The van der Waals surface area contributed by atoms with Crippen molar-refractivity contribution in [3.63, 3.8) is 0 Å². The number of aromatic hydroxyl groups is 3. The maximum Gasteiger partial charge on any atom is 0.320 e. The van der Waals surface area contributed by atoms with Crippen LogP contribution in [0.1, 0.15) is 119 Å². The number of ether oxygens (including phenoxy) is 4. The number of amides is 1. The lowest BCUT2D eigenvalue weighted by Crippen LogP contribution is -2.76. The summed E-state index contributed by atoms with van der Waals surface area (Å²) in [5, 5.41) is 77.9. The molecule has 92 heavy (non-hydrogen) atoms. The molecule has 1 spiro atoms. The quantitative estimate of drug-likeness (QED) is 0.0841. The van der Waals surface area contributed by atoms with Gasteiger partial charge in [-0.1, -0.05) is 43.7 Å². The van der Waals surface area contributed by atoms with Gasteiger partial charge in [0.25, 0.3) is 5.91 Å². The van der Waals surface area contributed by atoms with Gasteiger partial charge in [0.1, 0.15) is 18.4 Å². The van der Waals surface area contributed by atoms with E-state index in [1.165, 1.54) is 55.7 Å². The number of nitrogens with zero attached hydrogens (tertiary/aromatic N) is 2. The van der Waals surface area contributed by atoms with Crippen LogP contribution in [0.25, 0.3) is 0 Å². The number of Topliss-reactive ketones (excluding diaryl/α,β-unsaturated/α-hetero) is 2. The number of benzene rings is 3. The number of hydrogen-bond acceptors (Lipinski definition) is 20. The minimum atomic E-state index is -3.87. The molecule has 1 amide bonds. The molecule has 14 atom stereocenters. The molecule has 23 nitrogen and oxygen atoms in total. The first kappa shape index (κ1) is 68.2. The Morgan fingerprint density at radius 2 is 1.70 bits per heavy atom. The van der Waals surface area contributed by atoms with Gasteiger partial charge in [-0.2, -0.15) is 0 Å². The predicted molar refractivity (Wildman–Crippen MR) is 332 cm³/mol. The largest absolute Gasteiger partial charge is 0.504 e. The number of carboxylic acids is 1. The molecule has 4 saturated carbocycles. The maximum atomic E-state index is 17.1. The van der Waals surface area contributed by atoms with Gasteiger partial charge in [-0.3, -0.25) is 33.8 Å². The smallest absolute Gasteiger partial charge is 0.320 e. The summed E-state index contributed by atoms with van der Waals surface area (Å²) in [5.74, 6) is -3.60. The Balaban J connectivity index is 0.000000139. The number of aliphatic carboxylic acids is 1. The Morgan fingerprint density at radius 1 is 0.967 bits per heavy atom. The Bertz CT molecular complexity index is 3640. The Labute approximate surface area is 534 Å². The van der Waals surface area contributed by atoms with Gasteiger partial charge >= 0.3 is 5.97 Å². The second-order valence-corrected chi connectivity index (χ2v) is 28.6. The van der Waals surface area contributed by atoms with Crippen LogP contribution >= 0.6 is 0 Å². The van der Waals surface area contributed by atoms with Crippen LogP contribution in [-0.4, -0.2) is 189 Å². The van der Waals surface area contributed by atoms with Crippen molar-refractivity contribution in [2.24, 2.45) is 33.5 Å². The van der Waals surface area contributed by atoms with E-state index in [9.17, 15) is 52.8 Å². The molecule has 7 fully saturated rings. The van der Waals surface area contributed by atoms with Gasteiger partial charge in [-0.25, -0.2) is 17.9 Å². The lowest BCUT2D eigenvalue weighted by molar-refractivity contribution is -0.246. The number of aliphatic hydroxyl groups is 3. The SMILES string of the molecule is C=CCN1CC[C@]23c4c5ccc(O)c4O[C@H]2C(=O)CC[C@@]3(O)[C@H]1C5.CC1(C)O[C@@H]2C[C@H]3[C@@H]4CCC5=CC(=O)C=C[C@]5(C)[C@@]4(F)[C@@H](O)C[C@]3(C)[C@]2(C(=O)CO)O1.CCN1CCCC1CNC(=O)c1cc(S(N)(=O)=O)ccc1OC.N[C@@H](Cc1ccc(O)c(O)c1)C(=O)O. The third-order valence-corrected chi connectivity index (χ3v) is 22.8. The zero-order valence-corrected chi connectivity index (χ0v) is 53.5. The van der Waals surface area contributed by atoms with Crippen molar-refractivity contribution in [3.8, 4) is 28.7 Å². The molecule has 12 N–H and O–H groups in total. The number of ketones is 3. The number of halogens is 1. The van der Waals surface area contributed by atoms with Crippen LogP contribution in [0.4, 0.5) is 4.39 Å². The third-order valence-electron chi connectivity index (χ3n) is 21.9. The number of piperidine rings is 1. The molecule has 2 bridgehead atoms. The molecular weight excluding hydrogens is 1210 g/mol. The number of carbonyl (C=O) groups excluding carboxylic acids is 4. The van der Waals surface area contributed by atoms with Crippen molar-refractivity contribution >= 4 is 39.2 Å². The number of fused-ring (bicyclic) bond motifs is 7. The van der Waals surface area contributed by atoms with Crippen LogP contribution < -0.4 is 25.7 Å². The number of phenols is 3. The molecule has 4 aliphatic heterocycles. The number of primary sulfonamides is 1. The highest BCUT2D eigenvalue weighted by atomic mass is 32.2. The molecule has 3 saturated heterocycles. The summed E-state index contributed by atoms with van der Waals surface area (Å²) in [6, 6.07) is 10.9. The number of carboxylic acid groups (broad SMARTS) is 1. The number of nitrogens with two attached hydrogens (primary N) is 2. The van der Waals surface area contributed by atoms with Crippen LogP contribution in [0.3, 0.4) is 0 Å². The maximum absolute atomic E-state index is 17.1. The van der Waals surface area contributed by atoms with Crippen molar-refractivity contribution in [1.29, 1.82) is 0 Å². The molecular formula is C67H86FN5O18S. The van der Waals surface area contributed by atoms with E-state index in [1.54, 1.807) is 32.9 Å². The first-order valence-electron chi connectivity index (χ1n) is 31.4. The van der Waals surface area contributed by atoms with Gasteiger partial charge in [0, 0.05) is 60.5 Å². The van der Waals surface area contributed by atoms with Crippen LogP contribution in [0, 0.1) is 22.7 Å². The summed E-state index contributed by atoms with van der Waals surface area (Å²) < 4.78 is 63.5. The Hall–Kier alpha value is -6.65. The molecule has 0 aromatic heterocycles. The number of carbonyl (C=O) groups is 5. The first-order chi connectivity index (χ1) is 43.2. The number of aliphatic hydroxyl groups excluding tert-OH is 2. The average Bonchev–Trinajstić information content (AvgIpc) is 1.42. The topological polar surface area (TPSA) is 369 Å². The predicted octanol–water partition coefficient (Wildman–Crippen LogP) is 4.33. The molecule has 10 aliphatic rings. The number of likely N-dealkylation sites (N-methyl/N-ethyl adjacent to an activating group) is 1. The number of hydrogen-bond donors (Lipinski definition) is 10. The Morgan fingerprint density at radius 3 is 2.36 bits per heavy atom. The molecule has 1 unspecified atom stereocenters. The summed E-state index contributed by atoms with van der Waals surface area (Å²) >= 11 is 0. The summed E-state index contributed by atoms with van der Waals surface area (Å²) in [6.07, 6.45) is 9.63. The Kier molecular flexibility index (Phi) is 18.5. The number of methoxy groups -OCH3 is 1. The number of rotatable bonds is 13. The van der Waals surface area contributed by atoms with Crippen LogP contribution in [-0.2, 0) is 56.9 Å². The van der Waals surface area contributed by atoms with E-state index < -0.39 is 97.6 Å². The summed E-state index contributed by atoms with van der Waals surface area (Å²) in [6.45, 7) is 16.4. The number of allylic oxidation sites excluding steroid dienone is 4. The molecule has 0 radical (unpaired) electrons. The molecule has 3 aromatic carbocycles. The third kappa shape index (κ3) is 11.0. The average molecular weight is 1300 g/mol. The number of likely N-dealkylation sites (tertiary alicyclic amines) is 2. The van der Waals surface area contributed by atoms with E-state index in [4.69, 9.17) is 45.1 Å². The zero-order valence-electron chi connectivity index (χ0n) is 52.7. The zero-order chi connectivity index (χ0) is 67.1. The van der Waals surface area contributed by atoms with Crippen LogP contribution in [0.15, 0.2) is 89.9 Å². The van der Waals surface area contributed by atoms with E-state index >= 15 is 4.39 Å². The normalized spacial score (nSPS) is 34.4. The number of sulfonamides is 1. The first-order valence-corrected chi connectivity index (χ1v) is 33.0. The van der Waals surface area contributed by atoms with E-state index in [-0.39, 0.29) is 70.0 Å². The molecule has 500 valence electrons. The highest BCUT2D eigenvalue weighted by Gasteiger charge is 2.80. The lowest BCUT2D eigenvalue weighted by Gasteiger charge is -2.62. The molecule has 3 aromatic rings. The van der Waals surface area contributed by atoms with Gasteiger partial charge in [0.05, 0.1) is 40.8 Å². The monoisotopic (exact) mass is 1300 g/mol. The number of phenolic OH excluding ortho intramolecular Hbond substituents is 3. The molecule has 6 aliphatic carbocycles. The summed E-state index contributed by atoms with van der Waals surface area (Å²) in [4.78, 5) is 65.0. The lowest BCUT2D eigenvalue weighted by atomic mass is 9.44. The van der Waals surface area contributed by atoms with Crippen molar-refractivity contribution in [2.75, 3.05) is 46.4 Å². The summed E-state index contributed by atoms with van der Waals surface area (Å²) in [7, 11) is -2.44. The van der Waals surface area contributed by atoms with Gasteiger partial charge in [0.2, 0.25) is 10.0 Å². The van der Waals surface area contributed by atoms with Crippen molar-refractivity contribution < 1.29 is 91.5 Å². The van der Waals surface area contributed by atoms with E-state index in [1.807, 2.05) is 19.1 Å². The fourth-order valence-corrected chi connectivity index (χ4v) is 18.2. The fraction of sp³-hybridized carbons (Fsp3) is 0.567. The minimum Gasteiger partial charge on any atom is -0.504 e. The summed E-state index contributed by atoms with van der Waals surface area (Å²) in [5.41, 5.74) is 1.62. The molecule has 13 rings (SSSR count). The van der Waals surface area contributed by atoms with E-state index in [0.29, 0.717) is 74.6 Å². The van der Waals surface area contributed by atoms with Crippen LogP contribution in [0.5, 0.6) is 28.7 Å². The van der Waals surface area contributed by atoms with Gasteiger partial charge in [-0.15, -0.1) is 6.58 Å². The number of alkyl halides is 1. The second-order valence-electron chi connectivity index (χ2n) is 27.0. The van der Waals surface area contributed by atoms with Crippen LogP contribution in [0.2, 0.25) is 0 Å². The standard InChI is InChI=1S/C24H31FO6.C19H21NO4.C15H23N3O4S.C9H11NO4/c1-20(2)30-19-10-16-15-6-5-13-9-14(27)7-8-21(13,3)23(15,25)17(28)11-22(16,4)24(19,31-20)18(29)12-26;1-2-8-20-9-7-18-15-11-3-4-12(21)16(15)24-17(18)13(22)5-6-19(18,23)14(20)10-11;1-3-18-8-4-5-11(18)10-17-15(19)13-9-12(23(16,20)21)6-7-14(13)22-2;10-6(9(13)14)3-5-1-2-7(11)8(12)4-5/h7-9,15-17,19,26,28H,5-6,10-12H2,1-4H3;2-4,14,17,21,23H,1,5-10H2;6-7,9,11H,3-5,8,10H2,1-2H3,(H,17,19)(H2,16,20,21);1-2,4,6,11-12H,3,10H2,(H,13,14)/t15-,16-,17-,19+,21-,22-,23-,24+;14-,17+,18+,19-;;6-/m01.0/s1. The van der Waals surface area contributed by atoms with Crippen molar-refractivity contribution in [3.05, 3.63) is 107 Å². The second kappa shape index (κ2) is 24.9. The van der Waals surface area contributed by atoms with E-state index in [0.717, 1.165) is 55.7 Å². The minimum absolute atomic E-state index is 0.0109. The van der Waals surface area contributed by atoms with Gasteiger partial charge < -0.3 is 65.7 Å². The fourth-order valence-electron chi connectivity index (χ4n) is 17.7. The highest BCUT2D eigenvalue weighted by molar-refractivity contribution is 7.89. The van der Waals surface area contributed by atoms with Crippen molar-refractivity contribution in [1.82, 2.24) is 15.1 Å². The highest BCUT2D eigenvalue weighted by Crippen LogP contribution is 2.73. The van der Waals surface area contributed by atoms with Gasteiger partial charge in [-0.05, 0) is 164 Å². The van der Waals surface area contributed by atoms with Gasteiger partial charge in [0.15, 0.2) is 63.5 Å². The van der Waals surface area contributed by atoms with Crippen molar-refractivity contribution in [2.45, 2.75) is 175 Å². The van der Waals surface area contributed by atoms with E-state index in [2.05, 4.69) is 28.6 Å².